The molecule has 0 heterocycles. The van der Waals surface area contributed by atoms with Crippen molar-refractivity contribution in [2.75, 3.05) is 12.3 Å². The molecule has 2 aromatic carbocycles. The molecule has 3 nitrogen and oxygen atoms in total. The van der Waals surface area contributed by atoms with Crippen molar-refractivity contribution in [2.45, 2.75) is 36.7 Å². The predicted octanol–water partition coefficient (Wildman–Crippen LogP) is 3.79. The van der Waals surface area contributed by atoms with E-state index in [1.165, 1.54) is 24.3 Å². The predicted molar refractivity (Wildman–Crippen MR) is 92.9 cm³/mol. The van der Waals surface area contributed by atoms with Crippen molar-refractivity contribution in [3.63, 3.8) is 0 Å². The van der Waals surface area contributed by atoms with Crippen LogP contribution in [0.5, 0.6) is 0 Å². The van der Waals surface area contributed by atoms with Crippen LogP contribution in [0, 0.1) is 11.6 Å². The van der Waals surface area contributed by atoms with Gasteiger partial charge in [0, 0.05) is 12.6 Å². The molecule has 2 aromatic rings. The molecule has 0 aliphatic heterocycles. The zero-order valence-corrected chi connectivity index (χ0v) is 14.7. The summed E-state index contributed by atoms with van der Waals surface area (Å²) in [7, 11) is -3.41. The van der Waals surface area contributed by atoms with Gasteiger partial charge in [0.1, 0.15) is 11.6 Å². The van der Waals surface area contributed by atoms with Crippen LogP contribution in [-0.4, -0.2) is 31.7 Å². The van der Waals surface area contributed by atoms with E-state index >= 15 is 0 Å². The van der Waals surface area contributed by atoms with Gasteiger partial charge in [0.2, 0.25) is 0 Å². The maximum Gasteiger partial charge on any atom is 0.178 e. The first-order chi connectivity index (χ1) is 11.9. The molecule has 1 fully saturated rings. The number of halogens is 2. The molecule has 6 heteroatoms. The van der Waals surface area contributed by atoms with E-state index in [9.17, 15) is 17.2 Å². The molecule has 0 radical (unpaired) electrons. The van der Waals surface area contributed by atoms with Crippen LogP contribution in [-0.2, 0) is 16.4 Å². The normalized spacial score (nSPS) is 14.8. The number of hydrogen-bond donors (Lipinski definition) is 0. The fourth-order valence-corrected chi connectivity index (χ4v) is 4.21. The van der Waals surface area contributed by atoms with Crippen LogP contribution in [0.1, 0.15) is 24.8 Å². The van der Waals surface area contributed by atoms with E-state index in [1.807, 2.05) is 6.07 Å². The molecule has 0 spiro atoms. The van der Waals surface area contributed by atoms with Gasteiger partial charge in [0.25, 0.3) is 0 Å². The Kier molecular flexibility index (Phi) is 5.49. The highest BCUT2D eigenvalue weighted by Gasteiger charge is 2.29. The minimum absolute atomic E-state index is 0.0189. The van der Waals surface area contributed by atoms with E-state index in [0.29, 0.717) is 25.6 Å². The topological polar surface area (TPSA) is 37.4 Å². The number of benzene rings is 2. The Morgan fingerprint density at radius 1 is 1.00 bits per heavy atom. The minimum atomic E-state index is -3.41. The van der Waals surface area contributed by atoms with Crippen molar-refractivity contribution in [1.82, 2.24) is 4.90 Å². The van der Waals surface area contributed by atoms with Crippen LogP contribution < -0.4 is 0 Å². The molecule has 0 aromatic heterocycles. The average molecular weight is 365 g/mol. The summed E-state index contributed by atoms with van der Waals surface area (Å²) in [6, 6.07) is 11.9. The first-order valence-corrected chi connectivity index (χ1v) is 10.1. The minimum Gasteiger partial charge on any atom is -0.296 e. The average Bonchev–Trinajstić information content (AvgIpc) is 3.39. The second-order valence-corrected chi connectivity index (χ2v) is 8.57. The molecule has 0 amide bonds. The smallest absolute Gasteiger partial charge is 0.178 e. The van der Waals surface area contributed by atoms with Gasteiger partial charge in [-0.1, -0.05) is 12.1 Å². The van der Waals surface area contributed by atoms with Crippen molar-refractivity contribution in [2.24, 2.45) is 0 Å². The third-order valence-corrected chi connectivity index (χ3v) is 6.19. The first kappa shape index (κ1) is 18.0. The monoisotopic (exact) mass is 365 g/mol. The van der Waals surface area contributed by atoms with Crippen LogP contribution in [0.4, 0.5) is 8.78 Å². The highest BCUT2D eigenvalue weighted by atomic mass is 32.2. The fourth-order valence-electron chi connectivity index (χ4n) is 2.92. The second-order valence-electron chi connectivity index (χ2n) is 6.46. The number of rotatable bonds is 8. The lowest BCUT2D eigenvalue weighted by Gasteiger charge is -2.22. The molecule has 0 N–H and O–H groups in total. The van der Waals surface area contributed by atoms with Crippen LogP contribution in [0.3, 0.4) is 0 Å². The van der Waals surface area contributed by atoms with Crippen LogP contribution >= 0.6 is 0 Å². The number of nitrogens with zero attached hydrogens (tertiary/aromatic N) is 1. The molecule has 0 bridgehead atoms. The quantitative estimate of drug-likeness (QED) is 0.668. The van der Waals surface area contributed by atoms with Crippen LogP contribution in [0.15, 0.2) is 53.4 Å². The van der Waals surface area contributed by atoms with E-state index < -0.39 is 15.7 Å². The number of hydrogen-bond acceptors (Lipinski definition) is 3. The molecule has 0 atom stereocenters. The highest BCUT2D eigenvalue weighted by molar-refractivity contribution is 7.91. The molecular weight excluding hydrogens is 344 g/mol. The molecule has 3 rings (SSSR count). The molecule has 25 heavy (non-hydrogen) atoms. The van der Waals surface area contributed by atoms with Gasteiger partial charge >= 0.3 is 0 Å². The SMILES string of the molecule is O=S(=O)(CCCN(Cc1cccc(F)c1)C1CC1)c1ccc(F)cc1. The van der Waals surface area contributed by atoms with E-state index in [1.54, 1.807) is 6.07 Å². The summed E-state index contributed by atoms with van der Waals surface area (Å²) in [5, 5.41) is 0. The third-order valence-electron chi connectivity index (χ3n) is 4.37. The van der Waals surface area contributed by atoms with Gasteiger partial charge in [-0.25, -0.2) is 17.2 Å². The van der Waals surface area contributed by atoms with Crippen molar-refractivity contribution in [3.05, 3.63) is 65.7 Å². The molecule has 1 aliphatic rings. The first-order valence-electron chi connectivity index (χ1n) is 8.41. The lowest BCUT2D eigenvalue weighted by molar-refractivity contribution is 0.255. The van der Waals surface area contributed by atoms with E-state index in [2.05, 4.69) is 4.90 Å². The van der Waals surface area contributed by atoms with Crippen molar-refractivity contribution in [1.29, 1.82) is 0 Å². The summed E-state index contributed by atoms with van der Waals surface area (Å²) in [6.45, 7) is 1.26. The zero-order chi connectivity index (χ0) is 17.9. The summed E-state index contributed by atoms with van der Waals surface area (Å²) in [5.74, 6) is -0.688. The maximum absolute atomic E-state index is 13.3. The lowest BCUT2D eigenvalue weighted by atomic mass is 10.2. The van der Waals surface area contributed by atoms with Gasteiger partial charge in [-0.3, -0.25) is 4.90 Å². The summed E-state index contributed by atoms with van der Waals surface area (Å²) < 4.78 is 50.9. The summed E-state index contributed by atoms with van der Waals surface area (Å²) >= 11 is 0. The molecular formula is C19H21F2NO2S. The standard InChI is InChI=1S/C19H21F2NO2S/c20-16-5-9-19(10-6-16)25(23,24)12-2-11-22(18-7-8-18)14-15-3-1-4-17(21)13-15/h1,3-6,9-10,13,18H,2,7-8,11-12,14H2. The third kappa shape index (κ3) is 5.09. The van der Waals surface area contributed by atoms with Gasteiger partial charge in [-0.15, -0.1) is 0 Å². The van der Waals surface area contributed by atoms with E-state index in [-0.39, 0.29) is 16.5 Å². The molecule has 0 unspecified atom stereocenters. The molecule has 134 valence electrons. The highest BCUT2D eigenvalue weighted by Crippen LogP contribution is 2.28. The van der Waals surface area contributed by atoms with Crippen LogP contribution in [0.2, 0.25) is 0 Å². The van der Waals surface area contributed by atoms with E-state index in [0.717, 1.165) is 30.5 Å². The van der Waals surface area contributed by atoms with Crippen molar-refractivity contribution >= 4 is 9.84 Å². The van der Waals surface area contributed by atoms with Crippen molar-refractivity contribution in [3.8, 4) is 0 Å². The number of sulfone groups is 1. The fraction of sp³-hybridized carbons (Fsp3) is 0.368. The zero-order valence-electron chi connectivity index (χ0n) is 13.9. The molecule has 1 saturated carbocycles. The van der Waals surface area contributed by atoms with Crippen molar-refractivity contribution < 1.29 is 17.2 Å². The Bertz CT molecular complexity index is 818. The maximum atomic E-state index is 13.3. The summed E-state index contributed by atoms with van der Waals surface area (Å²) in [6.07, 6.45) is 2.69. The van der Waals surface area contributed by atoms with Gasteiger partial charge in [0.05, 0.1) is 10.6 Å². The van der Waals surface area contributed by atoms with Gasteiger partial charge in [-0.05, 0) is 67.8 Å². The van der Waals surface area contributed by atoms with Crippen LogP contribution in [0.25, 0.3) is 0 Å². The molecule has 0 saturated heterocycles. The Labute approximate surface area is 147 Å². The Morgan fingerprint density at radius 3 is 2.36 bits per heavy atom. The Morgan fingerprint density at radius 2 is 1.72 bits per heavy atom. The van der Waals surface area contributed by atoms with E-state index in [4.69, 9.17) is 0 Å². The van der Waals surface area contributed by atoms with Gasteiger partial charge in [0.15, 0.2) is 9.84 Å². The summed E-state index contributed by atoms with van der Waals surface area (Å²) in [4.78, 5) is 2.37. The summed E-state index contributed by atoms with van der Waals surface area (Å²) in [5.41, 5.74) is 0.897. The Balaban J connectivity index is 1.57. The molecule has 1 aliphatic carbocycles. The largest absolute Gasteiger partial charge is 0.296 e. The lowest BCUT2D eigenvalue weighted by Crippen LogP contribution is -2.28. The Hall–Kier alpha value is -1.79. The second kappa shape index (κ2) is 7.62. The van der Waals surface area contributed by atoms with Gasteiger partial charge < -0.3 is 0 Å². The van der Waals surface area contributed by atoms with Gasteiger partial charge in [-0.2, -0.15) is 0 Å².